The van der Waals surface area contributed by atoms with E-state index in [9.17, 15) is 28.8 Å². The van der Waals surface area contributed by atoms with Gasteiger partial charge in [-0.1, -0.05) is 190 Å². The second-order valence-electron chi connectivity index (χ2n) is 35.0. The van der Waals surface area contributed by atoms with E-state index in [1.165, 1.54) is 94.6 Å². The number of amides is 4. The second kappa shape index (κ2) is 129. The van der Waals surface area contributed by atoms with Crippen LogP contribution in [-0.2, 0) is 51.1 Å². The highest BCUT2D eigenvalue weighted by molar-refractivity contribution is 5.78. The number of H-pyrrole nitrogens is 1. The molecular formula is C96H224N26O26. The van der Waals surface area contributed by atoms with Gasteiger partial charge in [0.25, 0.3) is 0 Å². The van der Waals surface area contributed by atoms with Crippen molar-refractivity contribution in [3.05, 3.63) is 84.2 Å². The topological polar surface area (TPSA) is 1110 Å². The molecule has 2 fully saturated rings. The van der Waals surface area contributed by atoms with E-state index in [1.54, 1.807) is 0 Å². The van der Waals surface area contributed by atoms with Gasteiger partial charge in [0.1, 0.15) is 19.2 Å². The van der Waals surface area contributed by atoms with Crippen molar-refractivity contribution in [3.8, 4) is 0 Å². The number of carbonyl (C=O) groups is 6. The van der Waals surface area contributed by atoms with Crippen molar-refractivity contribution in [2.75, 3.05) is 171 Å². The van der Waals surface area contributed by atoms with Gasteiger partial charge in [-0.25, -0.2) is 0 Å². The Bertz CT molecular complexity index is 3170. The molecule has 52 nitrogen and oxygen atoms in total. The molecule has 2 aliphatic heterocycles. The lowest BCUT2D eigenvalue weighted by molar-refractivity contribution is -0.126. The van der Waals surface area contributed by atoms with Crippen molar-refractivity contribution < 1.29 is 137 Å². The number of unbranched alkanes of at least 4 members (excludes halogenated alkanes) is 15. The molecule has 0 unspecified atom stereocenters. The number of nitrogens with two attached hydrogens (primary N) is 5. The minimum atomic E-state index is -0.320. The summed E-state index contributed by atoms with van der Waals surface area (Å²) in [4.78, 5) is 74.2. The van der Waals surface area contributed by atoms with Crippen LogP contribution in [0.25, 0.3) is 5.57 Å². The molecule has 0 radical (unpaired) electrons. The van der Waals surface area contributed by atoms with E-state index in [4.69, 9.17) is 38.1 Å². The first-order chi connectivity index (χ1) is 62.6. The fraction of sp³-hybridized carbons (Fsp3) is 0.781. The average molecular weight is 2160 g/mol. The van der Waals surface area contributed by atoms with Crippen LogP contribution in [-0.4, -0.2) is 396 Å². The molecule has 52 heteroatoms. The van der Waals surface area contributed by atoms with Gasteiger partial charge in [0.15, 0.2) is 5.82 Å². The van der Waals surface area contributed by atoms with Crippen molar-refractivity contribution in [2.45, 2.75) is 313 Å². The summed E-state index contributed by atoms with van der Waals surface area (Å²) < 4.78 is 10.3. The Morgan fingerprint density at radius 1 is 0.561 bits per heavy atom. The lowest BCUT2D eigenvalue weighted by atomic mass is 9.99. The molecule has 2 aliphatic rings. The van der Waals surface area contributed by atoms with E-state index in [-0.39, 0.29) is 196 Å². The zero-order valence-electron chi connectivity index (χ0n) is 90.3. The van der Waals surface area contributed by atoms with E-state index >= 15 is 0 Å². The number of fused-ring (bicyclic) bond motifs is 1. The van der Waals surface area contributed by atoms with Crippen molar-refractivity contribution >= 4 is 41.8 Å². The first kappa shape index (κ1) is 183. The zero-order valence-corrected chi connectivity index (χ0v) is 90.3. The maximum Gasteiger partial charge on any atom is 0.246 e. The van der Waals surface area contributed by atoms with Crippen LogP contribution in [0.3, 0.4) is 0 Å². The number of hydrogen-bond donors (Lipinski definition) is 21. The van der Waals surface area contributed by atoms with E-state index in [0.717, 1.165) is 211 Å². The van der Waals surface area contributed by atoms with Gasteiger partial charge >= 0.3 is 0 Å². The molecule has 2 saturated heterocycles. The molecule has 0 saturated carbocycles. The SMILES string of the molecule is C=C(C[C@H]1CN[C@H](CN)CCCCNC(=O)CC[C@H](NC[C@H](CCCC)NC[C@H](CCCCNC(=O)CN(CC)CC=O)NCCC)CN2CCC[C@H]2CN[C@H](Cc2ccccc2)CN[C@@H](CCCNCN)CN1)c1ccccc1.C[C@@H](CN[C@H](CN)CCC(N)=O)NCCNC(=O)COCCOCCN.N.N.O.O.O.O.O.O.O.O.O.O.O.O.O.O.O.O.O.O.O=CCCCCCCCCCCCCCCCc1nn[nH]n1. The van der Waals surface area contributed by atoms with Gasteiger partial charge < -0.3 is 228 Å². The molecule has 3 heterocycles. The van der Waals surface area contributed by atoms with E-state index in [0.29, 0.717) is 123 Å². The number of aromatic nitrogens is 4. The number of aryl methyl sites for hydroxylation is 1. The molecular weight excluding hydrogens is 1930 g/mol. The lowest BCUT2D eigenvalue weighted by Gasteiger charge is -2.33. The fourth-order valence-electron chi connectivity index (χ4n) is 16.1. The summed E-state index contributed by atoms with van der Waals surface area (Å²) in [5, 5.41) is 60.9. The number of tetrazole rings is 1. The van der Waals surface area contributed by atoms with Crippen molar-refractivity contribution in [1.82, 2.24) is 112 Å². The largest absolute Gasteiger partial charge is 0.412 e. The molecule has 0 spiro atoms. The smallest absolute Gasteiger partial charge is 0.246 e. The fourth-order valence-corrected chi connectivity index (χ4v) is 16.1. The summed E-state index contributed by atoms with van der Waals surface area (Å²) in [6.07, 6.45) is 39.1. The summed E-state index contributed by atoms with van der Waals surface area (Å²) in [5.41, 5.74) is 32.0. The van der Waals surface area contributed by atoms with Gasteiger partial charge in [0, 0.05) is 191 Å². The molecule has 5 rings (SSSR count). The Hall–Kier alpha value is -7.05. The van der Waals surface area contributed by atoms with Crippen LogP contribution in [0.2, 0.25) is 0 Å². The number of primary amides is 1. The van der Waals surface area contributed by atoms with E-state index < -0.39 is 0 Å². The Kier molecular flexibility index (Phi) is 159. The molecule has 66 N–H and O–H groups in total. The molecule has 0 aliphatic carbocycles. The first-order valence-corrected chi connectivity index (χ1v) is 49.8. The monoisotopic (exact) mass is 2160 g/mol. The predicted molar refractivity (Wildman–Crippen MR) is 598 cm³/mol. The van der Waals surface area contributed by atoms with E-state index in [1.807, 2.05) is 18.7 Å². The van der Waals surface area contributed by atoms with Gasteiger partial charge in [0.05, 0.1) is 32.9 Å². The number of nitrogens with one attached hydrogen (secondary N) is 14. The number of aromatic amines is 1. The van der Waals surface area contributed by atoms with Gasteiger partial charge in [-0.2, -0.15) is 5.21 Å². The van der Waals surface area contributed by atoms with Crippen LogP contribution in [0.15, 0.2) is 67.2 Å². The van der Waals surface area contributed by atoms with Crippen LogP contribution >= 0.6 is 0 Å². The number of benzene rings is 2. The van der Waals surface area contributed by atoms with Crippen LogP contribution in [0.4, 0.5) is 0 Å². The number of nitrogens with zero attached hydrogens (tertiary/aromatic N) is 5. The number of rotatable bonds is 67. The first-order valence-electron chi connectivity index (χ1n) is 49.8. The third kappa shape index (κ3) is 101. The Morgan fingerprint density at radius 3 is 1.73 bits per heavy atom. The molecule has 894 valence electrons. The number of carbonyl (C=O) groups excluding carboxylic acids is 6. The molecule has 148 heavy (non-hydrogen) atoms. The minimum Gasteiger partial charge on any atom is -0.412 e. The molecule has 1 aromatic heterocycles. The summed E-state index contributed by atoms with van der Waals surface area (Å²) in [6, 6.07) is 23.7. The van der Waals surface area contributed by atoms with Crippen LogP contribution in [0.1, 0.15) is 257 Å². The highest BCUT2D eigenvalue weighted by Crippen LogP contribution is 2.22. The number of likely N-dealkylation sites (N-methyl/N-ethyl adjacent to an activating group) is 1. The van der Waals surface area contributed by atoms with Gasteiger partial charge in [-0.05, 0) is 153 Å². The molecule has 4 amide bonds. The van der Waals surface area contributed by atoms with Gasteiger partial charge in [-0.3, -0.25) is 29.0 Å². The number of ether oxygens (including phenoxy) is 2. The Balaban J connectivity index is -0.000000130. The van der Waals surface area contributed by atoms with E-state index in [2.05, 4.69) is 176 Å². The van der Waals surface area contributed by atoms with Gasteiger partial charge in [-0.15, -0.1) is 10.2 Å². The van der Waals surface area contributed by atoms with Crippen molar-refractivity contribution in [2.24, 2.45) is 28.7 Å². The van der Waals surface area contributed by atoms with Gasteiger partial charge in [0.2, 0.25) is 23.6 Å². The third-order valence-electron chi connectivity index (χ3n) is 23.9. The molecule has 10 atom stereocenters. The summed E-state index contributed by atoms with van der Waals surface area (Å²) >= 11 is 0. The number of hydrogen-bond acceptors (Lipinski definition) is 29. The quantitative estimate of drug-likeness (QED) is 0.0142. The van der Waals surface area contributed by atoms with Crippen molar-refractivity contribution in [1.29, 1.82) is 0 Å². The predicted octanol–water partition coefficient (Wildman–Crippen LogP) is -8.63. The summed E-state index contributed by atoms with van der Waals surface area (Å²) in [6.45, 7) is 29.5. The minimum absolute atomic E-state index is 0. The maximum absolute atomic E-state index is 13.6. The second-order valence-corrected chi connectivity index (χ2v) is 35.0. The molecule has 3 aromatic rings. The maximum atomic E-state index is 13.6. The Morgan fingerprint density at radius 2 is 1.14 bits per heavy atom. The number of aldehydes is 2. The highest BCUT2D eigenvalue weighted by atomic mass is 16.5. The van der Waals surface area contributed by atoms with Crippen molar-refractivity contribution in [3.63, 3.8) is 0 Å². The van der Waals surface area contributed by atoms with Crippen LogP contribution in [0.5, 0.6) is 0 Å². The standard InChI is InChI=1S/C63H114N14O3.C17H32N4O.C16H36N6O4.2H3N.18H2O/c1-5-8-25-56(71-42-55(67-32-6-2)27-16-18-35-69-63(80)49-76(7-3)37-38-78)43-73-58-30-31-62(79)68-34-17-15-26-54(41-64)70-45-59(39-51(4)53-23-13-10-14-24-53)74-44-57(28-19-33-66-50-65)72-46-60(40-52-21-11-9-12-22-52)75-47-61-29-20-36-77(61)48-58;22-16-14-12-10-8-6-4-2-1-3-5-7-9-11-13-15-17-18-20-21-19-17;1-13(11-22-14(10-18)2-3-15(19)23)20-5-6-21-16(24)12-26-9-8-25-7-4-17;;;;;;;;;;;;;;;;;;;;/h9-14,21-24,38,54-61,66-67,70-75H,4-8,15-20,25-37,39-50,64-65H2,1-3H3,(H,68,79)(H,69,80);16H,1-15H2,(H,18,19,20,21);13-14,20,22H,2-12,17-18H2,1H3,(H2,19,23)(H,21,24);2*1H3;18*1H2/t54-,55-,56-,57-,58-,59-,60+,61-;;13-,14-;;;;;;;;;;;;;;;;;;;;/m0.0..................../s1. The lowest BCUT2D eigenvalue weighted by Crippen LogP contribution is -2.53. The third-order valence-corrected chi connectivity index (χ3v) is 23.9. The molecule has 2 aromatic carbocycles. The Labute approximate surface area is 882 Å². The average Bonchev–Trinajstić information content (AvgIpc) is 1.66. The summed E-state index contributed by atoms with van der Waals surface area (Å²) in [7, 11) is 0. The van der Waals surface area contributed by atoms with Crippen LogP contribution in [0, 0.1) is 0 Å². The molecule has 0 bridgehead atoms. The summed E-state index contributed by atoms with van der Waals surface area (Å²) in [5.74, 6) is 0.460. The normalized spacial score (nSPS) is 16.2. The zero-order chi connectivity index (χ0) is 92.6. The highest BCUT2D eigenvalue weighted by Gasteiger charge is 2.29. The van der Waals surface area contributed by atoms with Crippen LogP contribution < -0.4 is 110 Å².